The van der Waals surface area contributed by atoms with Gasteiger partial charge in [-0.05, 0) is 85.3 Å². The molecule has 2 N–H and O–H groups in total. The lowest BCUT2D eigenvalue weighted by atomic mass is 9.88. The van der Waals surface area contributed by atoms with Gasteiger partial charge in [0.1, 0.15) is 0 Å². The molecule has 174 valence electrons. The molecule has 0 saturated heterocycles. The van der Waals surface area contributed by atoms with Gasteiger partial charge in [-0.3, -0.25) is 0 Å². The fourth-order valence-electron chi connectivity index (χ4n) is 5.15. The predicted molar refractivity (Wildman–Crippen MR) is 126 cm³/mol. The Kier molecular flexibility index (Phi) is 7.43. The van der Waals surface area contributed by atoms with Crippen LogP contribution in [-0.2, 0) is 12.8 Å². The van der Waals surface area contributed by atoms with Crippen LogP contribution in [0, 0.1) is 0 Å². The highest BCUT2D eigenvalue weighted by Crippen LogP contribution is 2.38. The number of benzene rings is 2. The lowest BCUT2D eigenvalue weighted by molar-refractivity contribution is 0.350. The van der Waals surface area contributed by atoms with E-state index in [1.165, 1.54) is 35.1 Å². The first kappa shape index (κ1) is 22.7. The second-order valence-corrected chi connectivity index (χ2v) is 8.61. The van der Waals surface area contributed by atoms with Gasteiger partial charge >= 0.3 is 0 Å². The summed E-state index contributed by atoms with van der Waals surface area (Å²) >= 11 is 0. The minimum Gasteiger partial charge on any atom is -0.493 e. The minimum absolute atomic E-state index is 0.370. The molecule has 2 aliphatic rings. The Hall–Kier alpha value is -2.44. The standard InChI is InChI=1S/C26H36N2O4/c1-29-23-13-17-9-11-27-21(19(17)15-25(23)31-3)7-5-6-8-22-20-16-26(32-4)24(30-2)14-18(20)10-12-28-22/h13-16,21-22,27-28H,5-12H2,1-4H3/t21-,22-/m0/s1. The lowest BCUT2D eigenvalue weighted by Gasteiger charge is -2.30. The monoisotopic (exact) mass is 440 g/mol. The zero-order valence-corrected chi connectivity index (χ0v) is 19.8. The van der Waals surface area contributed by atoms with Crippen molar-refractivity contribution in [2.75, 3.05) is 41.5 Å². The average molecular weight is 441 g/mol. The molecule has 0 spiro atoms. The fraction of sp³-hybridized carbons (Fsp3) is 0.538. The van der Waals surface area contributed by atoms with Crippen LogP contribution in [0.4, 0.5) is 0 Å². The molecule has 6 heteroatoms. The average Bonchev–Trinajstić information content (AvgIpc) is 2.84. The molecule has 0 aromatic heterocycles. The van der Waals surface area contributed by atoms with Crippen LogP contribution >= 0.6 is 0 Å². The third-order valence-electron chi connectivity index (χ3n) is 6.85. The third-order valence-corrected chi connectivity index (χ3v) is 6.85. The molecule has 0 aliphatic carbocycles. The van der Waals surface area contributed by atoms with Gasteiger partial charge in [-0.15, -0.1) is 0 Å². The van der Waals surface area contributed by atoms with E-state index in [4.69, 9.17) is 18.9 Å². The van der Waals surface area contributed by atoms with Crippen molar-refractivity contribution in [2.45, 2.75) is 50.6 Å². The number of hydrogen-bond acceptors (Lipinski definition) is 6. The van der Waals surface area contributed by atoms with E-state index < -0.39 is 0 Å². The zero-order valence-electron chi connectivity index (χ0n) is 19.8. The largest absolute Gasteiger partial charge is 0.493 e. The normalized spacial score (nSPS) is 19.6. The van der Waals surface area contributed by atoms with E-state index in [1.807, 2.05) is 0 Å². The molecule has 0 radical (unpaired) electrons. The molecule has 2 atom stereocenters. The number of hydrogen-bond donors (Lipinski definition) is 2. The molecule has 6 nitrogen and oxygen atoms in total. The molecule has 32 heavy (non-hydrogen) atoms. The molecule has 4 rings (SSSR count). The maximum Gasteiger partial charge on any atom is 0.161 e. The number of unbranched alkanes of at least 4 members (excludes halogenated alkanes) is 1. The molecule has 2 aromatic carbocycles. The van der Waals surface area contributed by atoms with Gasteiger partial charge < -0.3 is 29.6 Å². The van der Waals surface area contributed by atoms with Crippen LogP contribution in [-0.4, -0.2) is 41.5 Å². The number of ether oxygens (including phenoxy) is 4. The van der Waals surface area contributed by atoms with Crippen molar-refractivity contribution < 1.29 is 18.9 Å². The van der Waals surface area contributed by atoms with Gasteiger partial charge in [0.05, 0.1) is 28.4 Å². The first-order chi connectivity index (χ1) is 15.7. The molecule has 0 bridgehead atoms. The van der Waals surface area contributed by atoms with Crippen molar-refractivity contribution in [2.24, 2.45) is 0 Å². The summed E-state index contributed by atoms with van der Waals surface area (Å²) in [6.45, 7) is 2.01. The van der Waals surface area contributed by atoms with Gasteiger partial charge in [0.25, 0.3) is 0 Å². The number of fused-ring (bicyclic) bond motifs is 2. The van der Waals surface area contributed by atoms with E-state index in [0.29, 0.717) is 12.1 Å². The van der Waals surface area contributed by atoms with Crippen LogP contribution in [0.25, 0.3) is 0 Å². The first-order valence-electron chi connectivity index (χ1n) is 11.6. The van der Waals surface area contributed by atoms with Crippen molar-refractivity contribution in [3.8, 4) is 23.0 Å². The molecule has 0 fully saturated rings. The van der Waals surface area contributed by atoms with Crippen LogP contribution in [0.2, 0.25) is 0 Å². The topological polar surface area (TPSA) is 61.0 Å². The molecule has 2 aromatic rings. The Morgan fingerprint density at radius 3 is 1.38 bits per heavy atom. The fourth-order valence-corrected chi connectivity index (χ4v) is 5.15. The Labute approximate surface area is 191 Å². The van der Waals surface area contributed by atoms with E-state index in [2.05, 4.69) is 34.9 Å². The van der Waals surface area contributed by atoms with Gasteiger partial charge in [-0.2, -0.15) is 0 Å². The Bertz CT molecular complexity index is 855. The highest BCUT2D eigenvalue weighted by molar-refractivity contribution is 5.50. The molecule has 2 aliphatic heterocycles. The van der Waals surface area contributed by atoms with Gasteiger partial charge in [0.15, 0.2) is 23.0 Å². The predicted octanol–water partition coefficient (Wildman–Crippen LogP) is 4.36. The van der Waals surface area contributed by atoms with Crippen molar-refractivity contribution in [3.63, 3.8) is 0 Å². The number of nitrogens with one attached hydrogen (secondary N) is 2. The number of methoxy groups -OCH3 is 4. The molecule has 0 unspecified atom stereocenters. The quantitative estimate of drug-likeness (QED) is 0.565. The summed E-state index contributed by atoms with van der Waals surface area (Å²) in [6, 6.07) is 9.34. The second kappa shape index (κ2) is 10.5. The van der Waals surface area contributed by atoms with Crippen molar-refractivity contribution in [3.05, 3.63) is 46.5 Å². The summed E-state index contributed by atoms with van der Waals surface area (Å²) in [5, 5.41) is 7.41. The smallest absolute Gasteiger partial charge is 0.161 e. The van der Waals surface area contributed by atoms with E-state index in [1.54, 1.807) is 28.4 Å². The van der Waals surface area contributed by atoms with Crippen LogP contribution in [0.3, 0.4) is 0 Å². The van der Waals surface area contributed by atoms with Gasteiger partial charge in [0.2, 0.25) is 0 Å². The molecular formula is C26H36N2O4. The summed E-state index contributed by atoms with van der Waals surface area (Å²) in [5.74, 6) is 3.27. The van der Waals surface area contributed by atoms with Crippen LogP contribution < -0.4 is 29.6 Å². The van der Waals surface area contributed by atoms with Crippen LogP contribution in [0.1, 0.15) is 60.0 Å². The van der Waals surface area contributed by atoms with Crippen molar-refractivity contribution in [1.29, 1.82) is 0 Å². The van der Waals surface area contributed by atoms with Crippen LogP contribution in [0.15, 0.2) is 24.3 Å². The third kappa shape index (κ3) is 4.66. The van der Waals surface area contributed by atoms with Crippen LogP contribution in [0.5, 0.6) is 23.0 Å². The summed E-state index contributed by atoms with van der Waals surface area (Å²) < 4.78 is 22.1. The van der Waals surface area contributed by atoms with E-state index in [0.717, 1.165) is 61.8 Å². The highest BCUT2D eigenvalue weighted by Gasteiger charge is 2.24. The Balaban J connectivity index is 1.38. The molecule has 2 heterocycles. The van der Waals surface area contributed by atoms with Gasteiger partial charge in [0, 0.05) is 12.1 Å². The summed E-state index contributed by atoms with van der Waals surface area (Å²) in [6.07, 6.45) is 6.64. The second-order valence-electron chi connectivity index (χ2n) is 8.61. The summed E-state index contributed by atoms with van der Waals surface area (Å²) in [4.78, 5) is 0. The molecular weight excluding hydrogens is 404 g/mol. The number of rotatable bonds is 9. The van der Waals surface area contributed by atoms with E-state index >= 15 is 0 Å². The van der Waals surface area contributed by atoms with Gasteiger partial charge in [-0.25, -0.2) is 0 Å². The van der Waals surface area contributed by atoms with Crippen molar-refractivity contribution >= 4 is 0 Å². The molecule has 0 amide bonds. The van der Waals surface area contributed by atoms with Gasteiger partial charge in [-0.1, -0.05) is 12.8 Å². The minimum atomic E-state index is 0.370. The highest BCUT2D eigenvalue weighted by atomic mass is 16.5. The summed E-state index contributed by atoms with van der Waals surface area (Å²) in [7, 11) is 6.81. The summed E-state index contributed by atoms with van der Waals surface area (Å²) in [5.41, 5.74) is 5.45. The van der Waals surface area contributed by atoms with E-state index in [9.17, 15) is 0 Å². The SMILES string of the molecule is COc1cc2c(cc1OC)[C@H](CCCC[C@@H]1NCCc3cc(OC)c(OC)cc31)NCC2. The first-order valence-corrected chi connectivity index (χ1v) is 11.6. The maximum atomic E-state index is 5.54. The lowest BCUT2D eigenvalue weighted by Crippen LogP contribution is -2.30. The van der Waals surface area contributed by atoms with Crippen molar-refractivity contribution in [1.82, 2.24) is 10.6 Å². The zero-order chi connectivity index (χ0) is 22.5. The van der Waals surface area contributed by atoms with E-state index in [-0.39, 0.29) is 0 Å². The molecule has 0 saturated carbocycles. The maximum absolute atomic E-state index is 5.54. The Morgan fingerprint density at radius 1 is 0.625 bits per heavy atom. The Morgan fingerprint density at radius 2 is 1.00 bits per heavy atom.